The Bertz CT molecular complexity index is 5820. The highest BCUT2D eigenvalue weighted by Crippen LogP contribution is 2.39. The molecule has 0 unspecified atom stereocenters. The summed E-state index contributed by atoms with van der Waals surface area (Å²) in [6.07, 6.45) is 0. The van der Waals surface area contributed by atoms with E-state index in [9.17, 15) is 47.9 Å². The summed E-state index contributed by atoms with van der Waals surface area (Å²) in [5.74, 6) is -0.731. The normalized spacial score (nSPS) is 13.4. The van der Waals surface area contributed by atoms with Gasteiger partial charge in [-0.05, 0) is 236 Å². The number of rotatable bonds is 34. The summed E-state index contributed by atoms with van der Waals surface area (Å²) < 4.78 is 29.9. The largest absolute Gasteiger partial charge is 1.00 e. The molecule has 0 radical (unpaired) electrons. The van der Waals surface area contributed by atoms with Crippen LogP contribution in [0.2, 0.25) is 25.1 Å². The lowest BCUT2D eigenvalue weighted by atomic mass is 10.1. The van der Waals surface area contributed by atoms with Crippen molar-refractivity contribution in [1.82, 2.24) is 44.1 Å². The summed E-state index contributed by atoms with van der Waals surface area (Å²) in [5.41, 5.74) is 12.6. The maximum absolute atomic E-state index is 13.0. The van der Waals surface area contributed by atoms with E-state index in [-0.39, 0.29) is 104 Å². The van der Waals surface area contributed by atoms with Crippen LogP contribution in [-0.2, 0) is 32.7 Å². The zero-order chi connectivity index (χ0) is 98.0. The van der Waals surface area contributed by atoms with Gasteiger partial charge in [-0.2, -0.15) is 0 Å². The maximum atomic E-state index is 13.0. The van der Waals surface area contributed by atoms with E-state index in [2.05, 4.69) is 58.6 Å². The molecule has 0 N–H and O–H groups in total. The molecule has 136 heavy (non-hydrogen) atoms. The molecule has 15 rings (SSSR count). The summed E-state index contributed by atoms with van der Waals surface area (Å²) in [7, 11) is 14.0. The Morgan fingerprint density at radius 2 is 0.463 bits per heavy atom. The molecule has 0 aromatic heterocycles. The Kier molecular flexibility index (Phi) is 37.9. The minimum atomic E-state index is -0.321. The summed E-state index contributed by atoms with van der Waals surface area (Å²) in [5, 5.41) is 3.31. The lowest BCUT2D eigenvalue weighted by molar-refractivity contribution is -0.870. The van der Waals surface area contributed by atoms with E-state index < -0.39 is 0 Å². The van der Waals surface area contributed by atoms with E-state index >= 15 is 0 Å². The van der Waals surface area contributed by atoms with Crippen LogP contribution in [0.15, 0.2) is 182 Å². The Morgan fingerprint density at radius 3 is 0.640 bits per heavy atom. The number of ether oxygens (including phenoxy) is 5. The fraction of sp³-hybridized carbons (Fsp3) is 0.333. The van der Waals surface area contributed by atoms with Gasteiger partial charge in [-0.25, -0.2) is 0 Å². The van der Waals surface area contributed by atoms with Crippen molar-refractivity contribution in [3.63, 3.8) is 0 Å². The Hall–Kier alpha value is -11.6. The zero-order valence-corrected chi connectivity index (χ0v) is 84.2. The van der Waals surface area contributed by atoms with Gasteiger partial charge in [-0.3, -0.25) is 72.4 Å². The number of likely N-dealkylation sites (N-methyl/N-ethyl adjacent to an activating group) is 5. The monoisotopic (exact) mass is 1970 g/mol. The van der Waals surface area contributed by atoms with E-state index in [1.807, 2.05) is 133 Å². The fourth-order valence-corrected chi connectivity index (χ4v) is 16.1. The molecule has 10 aromatic rings. The molecule has 25 nitrogen and oxygen atoms in total. The van der Waals surface area contributed by atoms with Gasteiger partial charge in [0, 0.05) is 51.3 Å². The van der Waals surface area contributed by atoms with Crippen molar-refractivity contribution in [1.29, 1.82) is 0 Å². The number of hydrogen-bond donors (Lipinski definition) is 0. The number of halogens is 6. The van der Waals surface area contributed by atoms with Crippen molar-refractivity contribution >= 4 is 117 Å². The summed E-state index contributed by atoms with van der Waals surface area (Å²) in [4.78, 5) is 143. The van der Waals surface area contributed by atoms with Crippen LogP contribution >= 0.6 is 58.0 Å². The Labute approximate surface area is 827 Å². The van der Waals surface area contributed by atoms with Crippen molar-refractivity contribution < 1.29 is 88.5 Å². The first kappa shape index (κ1) is 106. The third kappa shape index (κ3) is 26.2. The molecule has 0 atom stereocenters. The highest BCUT2D eigenvalue weighted by molar-refractivity contribution is 6.33. The first-order valence-corrected chi connectivity index (χ1v) is 46.6. The Morgan fingerprint density at radius 1 is 0.272 bits per heavy atom. The molecule has 0 fully saturated rings. The van der Waals surface area contributed by atoms with Crippen LogP contribution in [0.25, 0.3) is 0 Å². The highest BCUT2D eigenvalue weighted by Gasteiger charge is 2.44. The first-order valence-electron chi connectivity index (χ1n) is 44.8. The molecule has 10 aromatic carbocycles. The molecular weight excluding hydrogens is 1850 g/mol. The minimum absolute atomic E-state index is 0. The third-order valence-electron chi connectivity index (χ3n) is 23.4. The van der Waals surface area contributed by atoms with Crippen LogP contribution in [0.4, 0.5) is 0 Å². The number of hydrogen-bond acceptors (Lipinski definition) is 19. The van der Waals surface area contributed by atoms with Crippen molar-refractivity contribution in [3.8, 4) is 28.7 Å². The van der Waals surface area contributed by atoms with E-state index in [1.54, 1.807) is 121 Å². The molecule has 5 aliphatic heterocycles. The van der Waals surface area contributed by atoms with Crippen LogP contribution in [0.3, 0.4) is 0 Å². The molecule has 0 saturated heterocycles. The number of nitrogens with zero attached hydrogens (tertiary/aromatic N) is 10. The SMILES string of the molecule is CCN(CC)CCOc1cccc2c1C(=O)N(Cc1ccc(Cl)c(C)c1)C2=O.CCN(CC)CCOc1cccc2c1C(=O)N(Cc1ccc(Cl)c(C)c1)C2=O.Cc1cc(CN2C(=O)c3cccc(OCCN(C)C)c3C2=O)ccc1Cl.Cc1cc(CN2C(=O)c3cccc(OCCN(C)C)c3C2=O)ccc1Cl.Cc1cc(CN2C(=O)c3cccc(OCC[N+](C)(C)C)c3C2=O)ccc1Cl.[Cl-]. The second kappa shape index (κ2) is 48.4. The molecule has 0 spiro atoms. The number of carbonyl (C=O) groups is 10. The second-order valence-corrected chi connectivity index (χ2v) is 36.7. The highest BCUT2D eigenvalue weighted by atomic mass is 35.5. The van der Waals surface area contributed by atoms with Crippen molar-refractivity contribution in [2.24, 2.45) is 0 Å². The minimum Gasteiger partial charge on any atom is -1.00 e. The Balaban J connectivity index is 0.000000175. The van der Waals surface area contributed by atoms with Crippen molar-refractivity contribution in [2.45, 2.75) is 95.0 Å². The van der Waals surface area contributed by atoms with Gasteiger partial charge < -0.3 is 60.2 Å². The molecule has 5 aliphatic rings. The molecule has 0 bridgehead atoms. The molecule has 0 aliphatic carbocycles. The zero-order valence-electron chi connectivity index (χ0n) is 79.6. The van der Waals surface area contributed by atoms with Crippen LogP contribution in [0.5, 0.6) is 28.7 Å². The van der Waals surface area contributed by atoms with Gasteiger partial charge >= 0.3 is 0 Å². The summed E-state index contributed by atoms with van der Waals surface area (Å²) >= 11 is 30.3. The topological polar surface area (TPSA) is 246 Å². The van der Waals surface area contributed by atoms with E-state index in [4.69, 9.17) is 81.7 Å². The number of aryl methyl sites for hydroxylation is 5. The number of benzene rings is 10. The molecule has 31 heteroatoms. The number of quaternary nitrogens is 1. The summed E-state index contributed by atoms with van der Waals surface area (Å²) in [6.45, 7) is 28.8. The van der Waals surface area contributed by atoms with Crippen LogP contribution in [-0.4, -0.2) is 249 Å². The van der Waals surface area contributed by atoms with Crippen LogP contribution in [0, 0.1) is 34.6 Å². The maximum Gasteiger partial charge on any atom is 0.265 e. The van der Waals surface area contributed by atoms with Crippen molar-refractivity contribution in [3.05, 3.63) is 318 Å². The van der Waals surface area contributed by atoms with Gasteiger partial charge in [0.15, 0.2) is 0 Å². The predicted octanol–water partition coefficient (Wildman–Crippen LogP) is 15.6. The van der Waals surface area contributed by atoms with Crippen LogP contribution in [0.1, 0.15) is 187 Å². The average molecular weight is 1970 g/mol. The molecule has 0 saturated carbocycles. The van der Waals surface area contributed by atoms with Gasteiger partial charge in [0.2, 0.25) is 0 Å². The standard InChI is InChI=1S/2C22H25ClN2O3.C21H24ClN2O3.2C20H21ClN2O3.ClH/c2*1-4-24(5-2)11-12-28-19-8-6-7-17-20(19)22(27)25(21(17)26)14-16-9-10-18(23)15(3)13-16;1-14-12-15(8-9-17(14)22)13-23-20(25)16-6-5-7-18(19(16)21(23)26)27-11-10-24(2,3)4;2*1-13-11-14(7-8-16(13)21)12-23-19(24)15-5-4-6-17(18(15)20(23)25)26-10-9-22(2)3;/h2*6-10,13H,4-5,11-12,14H2,1-3H3;5-9,12H,10-11,13H2,1-4H3;2*4-8,11H,9-10,12H2,1-3H3;1H/q;;+1;;;/p-1. The molecular formula is C105H116Cl6N10O15. The van der Waals surface area contributed by atoms with Gasteiger partial charge in [0.1, 0.15) is 68.3 Å². The first-order chi connectivity index (χ1) is 64.3. The predicted molar refractivity (Wildman–Crippen MR) is 527 cm³/mol. The molecule has 718 valence electrons. The third-order valence-corrected chi connectivity index (χ3v) is 25.5. The second-order valence-electron chi connectivity index (χ2n) is 34.7. The molecule has 5 heterocycles. The van der Waals surface area contributed by atoms with Gasteiger partial charge in [-0.15, -0.1) is 0 Å². The number of imide groups is 5. The van der Waals surface area contributed by atoms with Crippen LogP contribution < -0.4 is 36.1 Å². The smallest absolute Gasteiger partial charge is 0.265 e. The number of fused-ring (bicyclic) bond motifs is 5. The number of carbonyl (C=O) groups excluding carboxylic acids is 10. The van der Waals surface area contributed by atoms with Gasteiger partial charge in [0.05, 0.1) is 110 Å². The van der Waals surface area contributed by atoms with Crippen molar-refractivity contribution in [2.75, 3.05) is 141 Å². The summed E-state index contributed by atoms with van der Waals surface area (Å²) in [6, 6.07) is 53.4. The average Bonchev–Trinajstić information content (AvgIpc) is 1.64. The van der Waals surface area contributed by atoms with E-state index in [1.165, 1.54) is 24.5 Å². The lowest BCUT2D eigenvalue weighted by Crippen LogP contribution is -3.00. The van der Waals surface area contributed by atoms with Gasteiger partial charge in [-0.1, -0.05) is 177 Å². The quantitative estimate of drug-likeness (QED) is 0.0269. The lowest BCUT2D eigenvalue weighted by Gasteiger charge is -2.23. The van der Waals surface area contributed by atoms with Gasteiger partial charge in [0.25, 0.3) is 59.1 Å². The molecule has 10 amide bonds. The number of amides is 10. The van der Waals surface area contributed by atoms with E-state index in [0.29, 0.717) is 143 Å². The van der Waals surface area contributed by atoms with E-state index in [0.717, 1.165) is 119 Å². The fourth-order valence-electron chi connectivity index (χ4n) is 15.5.